The van der Waals surface area contributed by atoms with E-state index >= 15 is 0 Å². The molecule has 1 aromatic rings. The number of hydrogen-bond donors (Lipinski definition) is 1. The summed E-state index contributed by atoms with van der Waals surface area (Å²) >= 11 is 0. The first kappa shape index (κ1) is 11.1. The van der Waals surface area contributed by atoms with E-state index in [1.165, 1.54) is 0 Å². The van der Waals surface area contributed by atoms with E-state index in [4.69, 9.17) is 10.3 Å². The third kappa shape index (κ3) is 2.06. The normalized spacial score (nSPS) is 25.8. The zero-order valence-electron chi connectivity index (χ0n) is 9.51. The van der Waals surface area contributed by atoms with E-state index in [9.17, 15) is 4.79 Å². The summed E-state index contributed by atoms with van der Waals surface area (Å²) < 4.78 is 4.78. The fourth-order valence-corrected chi connectivity index (χ4v) is 1.81. The van der Waals surface area contributed by atoms with E-state index < -0.39 is 0 Å². The summed E-state index contributed by atoms with van der Waals surface area (Å²) in [7, 11) is 0. The van der Waals surface area contributed by atoms with Crippen molar-refractivity contribution in [1.82, 2.24) is 15.0 Å². The number of rotatable bonds is 1. The van der Waals surface area contributed by atoms with Gasteiger partial charge in [-0.2, -0.15) is 4.98 Å². The molecule has 88 valence electrons. The Hall–Kier alpha value is -1.43. The summed E-state index contributed by atoms with van der Waals surface area (Å²) in [6, 6.07) is 0.0331. The lowest BCUT2D eigenvalue weighted by molar-refractivity contribution is 0.0657. The number of amides is 1. The maximum Gasteiger partial charge on any atom is 0.295 e. The van der Waals surface area contributed by atoms with Gasteiger partial charge in [-0.05, 0) is 12.3 Å². The van der Waals surface area contributed by atoms with E-state index in [1.807, 2.05) is 0 Å². The molecular weight excluding hydrogens is 208 g/mol. The summed E-state index contributed by atoms with van der Waals surface area (Å²) in [5.74, 6) is 0.785. The lowest BCUT2D eigenvalue weighted by atomic mass is 9.94. The van der Waals surface area contributed by atoms with Gasteiger partial charge in [0, 0.05) is 26.1 Å². The molecule has 6 heteroatoms. The van der Waals surface area contributed by atoms with Crippen molar-refractivity contribution in [3.63, 3.8) is 0 Å². The number of carbonyl (C=O) groups excluding carboxylic acids is 1. The first-order chi connectivity index (χ1) is 7.58. The Bertz CT molecular complexity index is 390. The van der Waals surface area contributed by atoms with Gasteiger partial charge in [0.05, 0.1) is 0 Å². The highest BCUT2D eigenvalue weighted by molar-refractivity contribution is 5.90. The second kappa shape index (κ2) is 4.21. The monoisotopic (exact) mass is 224 g/mol. The molecule has 6 nitrogen and oxygen atoms in total. The molecule has 2 unspecified atom stereocenters. The van der Waals surface area contributed by atoms with Gasteiger partial charge in [-0.15, -0.1) is 0 Å². The molecule has 1 fully saturated rings. The molecule has 0 bridgehead atoms. The third-order valence-corrected chi connectivity index (χ3v) is 3.02. The molecule has 1 aliphatic heterocycles. The second-order valence-corrected chi connectivity index (χ2v) is 4.32. The SMILES string of the molecule is Cc1nc(C(=O)N2CCC(C)C(N)C2)no1. The lowest BCUT2D eigenvalue weighted by Gasteiger charge is -2.34. The van der Waals surface area contributed by atoms with Crippen LogP contribution in [0.15, 0.2) is 4.52 Å². The minimum Gasteiger partial charge on any atom is -0.339 e. The summed E-state index contributed by atoms with van der Waals surface area (Å²) in [5.41, 5.74) is 5.93. The number of piperidine rings is 1. The minimum atomic E-state index is -0.195. The number of likely N-dealkylation sites (tertiary alicyclic amines) is 1. The number of hydrogen-bond acceptors (Lipinski definition) is 5. The van der Waals surface area contributed by atoms with Gasteiger partial charge in [0.15, 0.2) is 0 Å². The van der Waals surface area contributed by atoms with Gasteiger partial charge in [0.2, 0.25) is 5.89 Å². The topological polar surface area (TPSA) is 85.2 Å². The van der Waals surface area contributed by atoms with Crippen LogP contribution in [0.4, 0.5) is 0 Å². The first-order valence-corrected chi connectivity index (χ1v) is 5.43. The molecule has 1 aromatic heterocycles. The zero-order chi connectivity index (χ0) is 11.7. The van der Waals surface area contributed by atoms with Gasteiger partial charge in [0.25, 0.3) is 11.7 Å². The predicted octanol–water partition coefficient (Wildman–Crippen LogP) is 0.187. The molecule has 1 saturated heterocycles. The maximum absolute atomic E-state index is 12.0. The van der Waals surface area contributed by atoms with Crippen molar-refractivity contribution in [3.8, 4) is 0 Å². The van der Waals surface area contributed by atoms with Gasteiger partial charge in [0.1, 0.15) is 0 Å². The molecule has 2 rings (SSSR count). The van der Waals surface area contributed by atoms with Crippen LogP contribution >= 0.6 is 0 Å². The molecule has 0 aliphatic carbocycles. The molecule has 0 radical (unpaired) electrons. The molecule has 1 amide bonds. The smallest absolute Gasteiger partial charge is 0.295 e. The van der Waals surface area contributed by atoms with Crippen LogP contribution in [0.2, 0.25) is 0 Å². The van der Waals surface area contributed by atoms with E-state index in [2.05, 4.69) is 17.1 Å². The van der Waals surface area contributed by atoms with Crippen molar-refractivity contribution >= 4 is 5.91 Å². The van der Waals surface area contributed by atoms with Crippen molar-refractivity contribution < 1.29 is 9.32 Å². The van der Waals surface area contributed by atoms with Crippen molar-refractivity contribution in [1.29, 1.82) is 0 Å². The van der Waals surface area contributed by atoms with Gasteiger partial charge in [-0.25, -0.2) is 0 Å². The molecule has 1 aliphatic rings. The highest BCUT2D eigenvalue weighted by atomic mass is 16.5. The van der Waals surface area contributed by atoms with Crippen molar-refractivity contribution in [2.24, 2.45) is 11.7 Å². The van der Waals surface area contributed by atoms with Gasteiger partial charge in [-0.3, -0.25) is 4.79 Å². The van der Waals surface area contributed by atoms with Gasteiger partial charge < -0.3 is 15.2 Å². The maximum atomic E-state index is 12.0. The van der Waals surface area contributed by atoms with Crippen LogP contribution in [0.3, 0.4) is 0 Å². The Labute approximate surface area is 93.8 Å². The summed E-state index contributed by atoms with van der Waals surface area (Å²) in [6.07, 6.45) is 0.920. The Kier molecular flexibility index (Phi) is 2.91. The Balaban J connectivity index is 2.06. The molecule has 0 saturated carbocycles. The van der Waals surface area contributed by atoms with Crippen LogP contribution in [-0.2, 0) is 0 Å². The third-order valence-electron chi connectivity index (χ3n) is 3.02. The highest BCUT2D eigenvalue weighted by Crippen LogP contribution is 2.16. The van der Waals surface area contributed by atoms with Crippen LogP contribution in [0.1, 0.15) is 29.9 Å². The number of nitrogens with two attached hydrogens (primary N) is 1. The Morgan fingerprint density at radius 2 is 2.38 bits per heavy atom. The van der Waals surface area contributed by atoms with Crippen LogP contribution in [0.25, 0.3) is 0 Å². The second-order valence-electron chi connectivity index (χ2n) is 4.32. The summed E-state index contributed by atoms with van der Waals surface area (Å²) in [5, 5.41) is 3.62. The number of carbonyl (C=O) groups is 1. The van der Waals surface area contributed by atoms with E-state index in [0.29, 0.717) is 24.9 Å². The molecule has 2 heterocycles. The molecular formula is C10H16N4O2. The number of nitrogens with zero attached hydrogens (tertiary/aromatic N) is 3. The number of aryl methyl sites for hydroxylation is 1. The summed E-state index contributed by atoms with van der Waals surface area (Å²) in [4.78, 5) is 17.6. The van der Waals surface area contributed by atoms with Crippen LogP contribution in [0, 0.1) is 12.8 Å². The van der Waals surface area contributed by atoms with Crippen molar-refractivity contribution in [2.45, 2.75) is 26.3 Å². The largest absolute Gasteiger partial charge is 0.339 e. The van der Waals surface area contributed by atoms with Crippen LogP contribution in [0.5, 0.6) is 0 Å². The Morgan fingerprint density at radius 3 is 2.94 bits per heavy atom. The van der Waals surface area contributed by atoms with Crippen LogP contribution in [-0.4, -0.2) is 40.1 Å². The average molecular weight is 224 g/mol. The molecule has 16 heavy (non-hydrogen) atoms. The standard InChI is InChI=1S/C10H16N4O2/c1-6-3-4-14(5-8(6)11)10(15)9-12-7(2)16-13-9/h6,8H,3-5,11H2,1-2H3. The molecule has 2 N–H and O–H groups in total. The Morgan fingerprint density at radius 1 is 1.62 bits per heavy atom. The van der Waals surface area contributed by atoms with E-state index in [-0.39, 0.29) is 17.8 Å². The summed E-state index contributed by atoms with van der Waals surface area (Å²) in [6.45, 7) is 5.04. The number of aromatic nitrogens is 2. The molecule has 0 aromatic carbocycles. The van der Waals surface area contributed by atoms with Gasteiger partial charge >= 0.3 is 0 Å². The minimum absolute atomic E-state index is 0.0331. The lowest BCUT2D eigenvalue weighted by Crippen LogP contribution is -2.49. The zero-order valence-corrected chi connectivity index (χ0v) is 9.51. The quantitative estimate of drug-likeness (QED) is 0.735. The average Bonchev–Trinajstić information content (AvgIpc) is 2.68. The van der Waals surface area contributed by atoms with Crippen molar-refractivity contribution in [3.05, 3.63) is 11.7 Å². The van der Waals surface area contributed by atoms with Crippen molar-refractivity contribution in [2.75, 3.05) is 13.1 Å². The van der Waals surface area contributed by atoms with Gasteiger partial charge in [-0.1, -0.05) is 12.1 Å². The highest BCUT2D eigenvalue weighted by Gasteiger charge is 2.28. The predicted molar refractivity (Wildman–Crippen MR) is 56.7 cm³/mol. The van der Waals surface area contributed by atoms with Crippen LogP contribution < -0.4 is 5.73 Å². The molecule has 0 spiro atoms. The fraction of sp³-hybridized carbons (Fsp3) is 0.700. The van der Waals surface area contributed by atoms with E-state index in [0.717, 1.165) is 6.42 Å². The fourth-order valence-electron chi connectivity index (χ4n) is 1.81. The molecule has 2 atom stereocenters. The van der Waals surface area contributed by atoms with E-state index in [1.54, 1.807) is 11.8 Å². The first-order valence-electron chi connectivity index (χ1n) is 5.43.